The van der Waals surface area contributed by atoms with Crippen LogP contribution in [-0.2, 0) is 11.3 Å². The van der Waals surface area contributed by atoms with Gasteiger partial charge < -0.3 is 10.6 Å². The molecule has 0 spiro atoms. The summed E-state index contributed by atoms with van der Waals surface area (Å²) in [5.74, 6) is 0.428. The van der Waals surface area contributed by atoms with Gasteiger partial charge in [-0.2, -0.15) is 0 Å². The van der Waals surface area contributed by atoms with Crippen molar-refractivity contribution in [2.75, 3.05) is 19.3 Å². The highest BCUT2D eigenvalue weighted by atomic mass is 32.2. The summed E-state index contributed by atoms with van der Waals surface area (Å²) < 4.78 is 1.70. The number of likely N-dealkylation sites (N-methyl/N-ethyl adjacent to an activating group) is 1. The fourth-order valence-corrected chi connectivity index (χ4v) is 2.00. The average molecular weight is 256 g/mol. The molecule has 1 aromatic heterocycles. The molecule has 1 aromatic rings. The fraction of sp³-hybridized carbons (Fsp3) is 0.778. The van der Waals surface area contributed by atoms with Gasteiger partial charge in [0.15, 0.2) is 0 Å². The smallest absolute Gasteiger partial charge is 0.230 e. The minimum Gasteiger partial charge on any atom is -0.353 e. The van der Waals surface area contributed by atoms with Crippen molar-refractivity contribution < 1.29 is 4.79 Å². The lowest BCUT2D eigenvalue weighted by atomic mass is 10.6. The van der Waals surface area contributed by atoms with E-state index in [-0.39, 0.29) is 5.91 Å². The van der Waals surface area contributed by atoms with Crippen molar-refractivity contribution in [2.24, 2.45) is 0 Å². The van der Waals surface area contributed by atoms with Crippen molar-refractivity contribution in [3.05, 3.63) is 0 Å². The van der Waals surface area contributed by atoms with Crippen molar-refractivity contribution in [3.8, 4) is 0 Å². The molecular formula is C9H16N6OS. The molecular weight excluding hydrogens is 240 g/mol. The number of thioether (sulfide) groups is 1. The standard InChI is InChI=1S/C9H16N6OS/c1-10-4-5-15-9(12-13-14-15)17-6-8(16)11-7-2-3-7/h7,10H,2-6H2,1H3,(H,11,16). The van der Waals surface area contributed by atoms with E-state index >= 15 is 0 Å². The molecule has 0 bridgehead atoms. The number of nitrogens with one attached hydrogen (secondary N) is 2. The van der Waals surface area contributed by atoms with Crippen molar-refractivity contribution in [1.29, 1.82) is 0 Å². The summed E-state index contributed by atoms with van der Waals surface area (Å²) in [4.78, 5) is 11.5. The maximum atomic E-state index is 11.5. The monoisotopic (exact) mass is 256 g/mol. The van der Waals surface area contributed by atoms with Gasteiger partial charge in [-0.15, -0.1) is 5.10 Å². The fourth-order valence-electron chi connectivity index (χ4n) is 1.28. The Balaban J connectivity index is 1.76. The number of hydrogen-bond acceptors (Lipinski definition) is 6. The number of carbonyl (C=O) groups excluding carboxylic acids is 1. The van der Waals surface area contributed by atoms with Crippen LogP contribution in [0.25, 0.3) is 0 Å². The van der Waals surface area contributed by atoms with E-state index in [2.05, 4.69) is 26.2 Å². The van der Waals surface area contributed by atoms with E-state index in [1.807, 2.05) is 7.05 Å². The summed E-state index contributed by atoms with van der Waals surface area (Å²) >= 11 is 1.37. The average Bonchev–Trinajstić information content (AvgIpc) is 3.01. The Bertz CT molecular complexity index is 377. The van der Waals surface area contributed by atoms with Gasteiger partial charge in [-0.3, -0.25) is 4.79 Å². The summed E-state index contributed by atoms with van der Waals surface area (Å²) in [6.45, 7) is 1.50. The van der Waals surface area contributed by atoms with Crippen molar-refractivity contribution in [3.63, 3.8) is 0 Å². The molecule has 1 aliphatic carbocycles. The Morgan fingerprint density at radius 2 is 2.41 bits per heavy atom. The zero-order valence-corrected chi connectivity index (χ0v) is 10.5. The number of aromatic nitrogens is 4. The molecule has 7 nitrogen and oxygen atoms in total. The number of tetrazole rings is 1. The van der Waals surface area contributed by atoms with E-state index in [0.29, 0.717) is 23.5 Å². The van der Waals surface area contributed by atoms with Gasteiger partial charge in [-0.25, -0.2) is 4.68 Å². The third-order valence-corrected chi connectivity index (χ3v) is 3.30. The van der Waals surface area contributed by atoms with Crippen LogP contribution in [0.3, 0.4) is 0 Å². The SMILES string of the molecule is CNCCn1nnnc1SCC(=O)NC1CC1. The highest BCUT2D eigenvalue weighted by Gasteiger charge is 2.23. The minimum atomic E-state index is 0.0562. The molecule has 2 N–H and O–H groups in total. The Morgan fingerprint density at radius 1 is 1.59 bits per heavy atom. The lowest BCUT2D eigenvalue weighted by Gasteiger charge is -2.04. The molecule has 17 heavy (non-hydrogen) atoms. The molecule has 0 aliphatic heterocycles. The maximum absolute atomic E-state index is 11.5. The summed E-state index contributed by atoms with van der Waals surface area (Å²) in [7, 11) is 1.88. The molecule has 1 fully saturated rings. The molecule has 1 saturated carbocycles. The number of hydrogen-bond donors (Lipinski definition) is 2. The molecule has 0 unspecified atom stereocenters. The molecule has 1 heterocycles. The summed E-state index contributed by atoms with van der Waals surface area (Å²) in [6, 6.07) is 0.406. The maximum Gasteiger partial charge on any atom is 0.230 e. The van der Waals surface area contributed by atoms with Crippen LogP contribution in [0.15, 0.2) is 5.16 Å². The lowest BCUT2D eigenvalue weighted by molar-refractivity contribution is -0.118. The third kappa shape index (κ3) is 3.97. The molecule has 8 heteroatoms. The van der Waals surface area contributed by atoms with Gasteiger partial charge in [0.25, 0.3) is 0 Å². The normalized spacial score (nSPS) is 14.9. The number of nitrogens with zero attached hydrogens (tertiary/aromatic N) is 4. The molecule has 1 amide bonds. The Morgan fingerprint density at radius 3 is 3.12 bits per heavy atom. The molecule has 0 aromatic carbocycles. The summed E-state index contributed by atoms with van der Waals surface area (Å²) in [5, 5.41) is 18.0. The van der Waals surface area contributed by atoms with Crippen molar-refractivity contribution >= 4 is 17.7 Å². The first-order valence-electron chi connectivity index (χ1n) is 5.62. The first kappa shape index (κ1) is 12.3. The van der Waals surface area contributed by atoms with Crippen LogP contribution in [0, 0.1) is 0 Å². The predicted octanol–water partition coefficient (Wildman–Crippen LogP) is -0.737. The third-order valence-electron chi connectivity index (χ3n) is 2.35. The van der Waals surface area contributed by atoms with Gasteiger partial charge in [0.2, 0.25) is 11.1 Å². The second-order valence-electron chi connectivity index (χ2n) is 3.92. The van der Waals surface area contributed by atoms with Crippen LogP contribution in [0.4, 0.5) is 0 Å². The topological polar surface area (TPSA) is 84.7 Å². The lowest BCUT2D eigenvalue weighted by Crippen LogP contribution is -2.27. The van der Waals surface area contributed by atoms with E-state index < -0.39 is 0 Å². The number of carbonyl (C=O) groups is 1. The van der Waals surface area contributed by atoms with Gasteiger partial charge in [-0.1, -0.05) is 11.8 Å². The Hall–Kier alpha value is -1.15. The summed E-state index contributed by atoms with van der Waals surface area (Å²) in [5.41, 5.74) is 0. The van der Waals surface area contributed by atoms with Gasteiger partial charge in [0.1, 0.15) is 0 Å². The zero-order valence-electron chi connectivity index (χ0n) is 9.72. The molecule has 0 atom stereocenters. The van der Waals surface area contributed by atoms with Gasteiger partial charge in [-0.05, 0) is 30.3 Å². The summed E-state index contributed by atoms with van der Waals surface area (Å²) in [6.07, 6.45) is 2.21. The van der Waals surface area contributed by atoms with Crippen LogP contribution in [0.2, 0.25) is 0 Å². The predicted molar refractivity (Wildman–Crippen MR) is 63.6 cm³/mol. The highest BCUT2D eigenvalue weighted by Crippen LogP contribution is 2.19. The Labute approximate surface area is 104 Å². The van der Waals surface area contributed by atoms with Crippen LogP contribution < -0.4 is 10.6 Å². The molecule has 0 radical (unpaired) electrons. The van der Waals surface area contributed by atoms with E-state index in [0.717, 1.165) is 19.4 Å². The Kier molecular flexibility index (Phi) is 4.32. The second kappa shape index (κ2) is 5.97. The molecule has 1 aliphatic rings. The van der Waals surface area contributed by atoms with Crippen molar-refractivity contribution in [2.45, 2.75) is 30.6 Å². The second-order valence-corrected chi connectivity index (χ2v) is 4.86. The molecule has 94 valence electrons. The van der Waals surface area contributed by atoms with E-state index in [9.17, 15) is 4.79 Å². The van der Waals surface area contributed by atoms with Gasteiger partial charge >= 0.3 is 0 Å². The van der Waals surface area contributed by atoms with Gasteiger partial charge in [0.05, 0.1) is 12.3 Å². The zero-order chi connectivity index (χ0) is 12.1. The number of rotatable bonds is 7. The van der Waals surface area contributed by atoms with Crippen molar-refractivity contribution in [1.82, 2.24) is 30.8 Å². The van der Waals surface area contributed by atoms with E-state index in [1.165, 1.54) is 11.8 Å². The first-order valence-corrected chi connectivity index (χ1v) is 6.61. The highest BCUT2D eigenvalue weighted by molar-refractivity contribution is 7.99. The first-order chi connectivity index (χ1) is 8.29. The van der Waals surface area contributed by atoms with Crippen LogP contribution in [0.1, 0.15) is 12.8 Å². The van der Waals surface area contributed by atoms with E-state index in [1.54, 1.807) is 4.68 Å². The largest absolute Gasteiger partial charge is 0.353 e. The van der Waals surface area contributed by atoms with Crippen LogP contribution in [-0.4, -0.2) is 51.5 Å². The van der Waals surface area contributed by atoms with Gasteiger partial charge in [0, 0.05) is 12.6 Å². The number of amides is 1. The minimum absolute atomic E-state index is 0.0562. The molecule has 2 rings (SSSR count). The molecule has 0 saturated heterocycles. The van der Waals surface area contributed by atoms with Crippen LogP contribution in [0.5, 0.6) is 0 Å². The quantitative estimate of drug-likeness (QED) is 0.625. The van der Waals surface area contributed by atoms with Crippen LogP contribution >= 0.6 is 11.8 Å². The van der Waals surface area contributed by atoms with E-state index in [4.69, 9.17) is 0 Å².